The average Bonchev–Trinajstić information content (AvgIpc) is 2.82. The maximum absolute atomic E-state index is 12.2. The van der Waals surface area contributed by atoms with Crippen LogP contribution < -0.4 is 16.0 Å². The molecule has 0 radical (unpaired) electrons. The van der Waals surface area contributed by atoms with Gasteiger partial charge in [0.25, 0.3) is 5.91 Å². The molecule has 1 unspecified atom stereocenters. The Kier molecular flexibility index (Phi) is 4.61. The van der Waals surface area contributed by atoms with E-state index in [4.69, 9.17) is 0 Å². The quantitative estimate of drug-likeness (QED) is 0.761. The number of nitrogens with one attached hydrogen (secondary N) is 3. The summed E-state index contributed by atoms with van der Waals surface area (Å²) in [5.74, 6) is -0.0463. The van der Waals surface area contributed by atoms with Gasteiger partial charge < -0.3 is 16.0 Å². The monoisotopic (exact) mass is 275 g/mol. The molecule has 1 aromatic carbocycles. The van der Waals surface area contributed by atoms with Gasteiger partial charge in [-0.25, -0.2) is 0 Å². The number of carbonyl (C=O) groups is 2. The number of rotatable bonds is 5. The molecule has 1 saturated heterocycles. The van der Waals surface area contributed by atoms with E-state index in [1.807, 2.05) is 32.0 Å². The Balaban J connectivity index is 1.99. The van der Waals surface area contributed by atoms with E-state index in [1.165, 1.54) is 0 Å². The standard InChI is InChI=1S/C15H21N3O2/c1-3-16-13-8-10(2)4-6-12(13)15(20)17-9-11-5-7-14(19)18-11/h4,6,8,11,16H,3,5,7,9H2,1-2H3,(H,17,20)(H,18,19). The van der Waals surface area contributed by atoms with Crippen molar-refractivity contribution in [3.63, 3.8) is 0 Å². The van der Waals surface area contributed by atoms with E-state index < -0.39 is 0 Å². The molecule has 2 rings (SSSR count). The van der Waals surface area contributed by atoms with Crippen LogP contribution in [-0.4, -0.2) is 30.9 Å². The van der Waals surface area contributed by atoms with Gasteiger partial charge in [0.2, 0.25) is 5.91 Å². The van der Waals surface area contributed by atoms with Crippen molar-refractivity contribution in [1.29, 1.82) is 0 Å². The van der Waals surface area contributed by atoms with Crippen LogP contribution in [-0.2, 0) is 4.79 Å². The molecule has 0 aliphatic carbocycles. The lowest BCUT2D eigenvalue weighted by molar-refractivity contribution is -0.119. The molecule has 3 N–H and O–H groups in total. The second-order valence-electron chi connectivity index (χ2n) is 5.09. The summed E-state index contributed by atoms with van der Waals surface area (Å²) in [6.07, 6.45) is 1.33. The van der Waals surface area contributed by atoms with Crippen molar-refractivity contribution in [2.24, 2.45) is 0 Å². The zero-order valence-electron chi connectivity index (χ0n) is 12.0. The van der Waals surface area contributed by atoms with Gasteiger partial charge in [0, 0.05) is 31.2 Å². The van der Waals surface area contributed by atoms with Gasteiger partial charge in [-0.1, -0.05) is 6.07 Å². The fourth-order valence-corrected chi connectivity index (χ4v) is 2.33. The molecule has 0 saturated carbocycles. The van der Waals surface area contributed by atoms with E-state index in [9.17, 15) is 9.59 Å². The zero-order chi connectivity index (χ0) is 14.5. The molecule has 1 aromatic rings. The third kappa shape index (κ3) is 3.50. The molecule has 5 nitrogen and oxygen atoms in total. The number of hydrogen-bond acceptors (Lipinski definition) is 3. The van der Waals surface area contributed by atoms with Crippen molar-refractivity contribution >= 4 is 17.5 Å². The lowest BCUT2D eigenvalue weighted by atomic mass is 10.1. The number of benzene rings is 1. The molecule has 2 amide bonds. The topological polar surface area (TPSA) is 70.2 Å². The van der Waals surface area contributed by atoms with Gasteiger partial charge >= 0.3 is 0 Å². The number of hydrogen-bond donors (Lipinski definition) is 3. The van der Waals surface area contributed by atoms with Crippen LogP contribution in [0.25, 0.3) is 0 Å². The van der Waals surface area contributed by atoms with Crippen molar-refractivity contribution in [2.75, 3.05) is 18.4 Å². The molecule has 1 aliphatic heterocycles. The van der Waals surface area contributed by atoms with Crippen LogP contribution in [0.3, 0.4) is 0 Å². The molecule has 1 atom stereocenters. The van der Waals surface area contributed by atoms with Crippen LogP contribution in [0.5, 0.6) is 0 Å². The summed E-state index contributed by atoms with van der Waals surface area (Å²) in [5.41, 5.74) is 2.60. The van der Waals surface area contributed by atoms with E-state index >= 15 is 0 Å². The lowest BCUT2D eigenvalue weighted by Gasteiger charge is -2.14. The fraction of sp³-hybridized carbons (Fsp3) is 0.467. The second-order valence-corrected chi connectivity index (χ2v) is 5.09. The Morgan fingerprint density at radius 3 is 2.90 bits per heavy atom. The first-order valence-corrected chi connectivity index (χ1v) is 7.02. The summed E-state index contributed by atoms with van der Waals surface area (Å²) in [6.45, 7) is 5.24. The first-order valence-electron chi connectivity index (χ1n) is 7.02. The van der Waals surface area contributed by atoms with Crippen molar-refractivity contribution in [3.05, 3.63) is 29.3 Å². The fourth-order valence-electron chi connectivity index (χ4n) is 2.33. The molecule has 1 fully saturated rings. The number of amides is 2. The maximum atomic E-state index is 12.2. The molecule has 0 bridgehead atoms. The van der Waals surface area contributed by atoms with Crippen molar-refractivity contribution in [3.8, 4) is 0 Å². The van der Waals surface area contributed by atoms with Gasteiger partial charge in [-0.15, -0.1) is 0 Å². The molecule has 0 aromatic heterocycles. The Bertz CT molecular complexity index is 514. The summed E-state index contributed by atoms with van der Waals surface area (Å²) in [6, 6.07) is 5.78. The van der Waals surface area contributed by atoms with Crippen LogP contribution in [0.15, 0.2) is 18.2 Å². The molecule has 1 aliphatic rings. The highest BCUT2D eigenvalue weighted by Gasteiger charge is 2.21. The summed E-state index contributed by atoms with van der Waals surface area (Å²) in [7, 11) is 0. The smallest absolute Gasteiger partial charge is 0.253 e. The van der Waals surface area contributed by atoms with Gasteiger partial charge in [-0.2, -0.15) is 0 Å². The summed E-state index contributed by atoms with van der Waals surface area (Å²) >= 11 is 0. The van der Waals surface area contributed by atoms with Gasteiger partial charge in [0.1, 0.15) is 0 Å². The third-order valence-corrected chi connectivity index (χ3v) is 3.38. The lowest BCUT2D eigenvalue weighted by Crippen LogP contribution is -2.38. The number of aryl methyl sites for hydroxylation is 1. The second kappa shape index (κ2) is 6.41. The molecule has 20 heavy (non-hydrogen) atoms. The van der Waals surface area contributed by atoms with Gasteiger partial charge in [-0.05, 0) is 38.0 Å². The SMILES string of the molecule is CCNc1cc(C)ccc1C(=O)NCC1CCC(=O)N1. The van der Waals surface area contributed by atoms with Crippen molar-refractivity contribution < 1.29 is 9.59 Å². The van der Waals surface area contributed by atoms with Crippen LogP contribution >= 0.6 is 0 Å². The Morgan fingerprint density at radius 2 is 2.25 bits per heavy atom. The average molecular weight is 275 g/mol. The number of carbonyl (C=O) groups excluding carboxylic acids is 2. The Morgan fingerprint density at radius 1 is 1.45 bits per heavy atom. The van der Waals surface area contributed by atoms with E-state index in [0.717, 1.165) is 24.2 Å². The highest BCUT2D eigenvalue weighted by atomic mass is 16.2. The Hall–Kier alpha value is -2.04. The van der Waals surface area contributed by atoms with Crippen LogP contribution in [0.1, 0.15) is 35.7 Å². The summed E-state index contributed by atoms with van der Waals surface area (Å²) < 4.78 is 0. The van der Waals surface area contributed by atoms with Crippen molar-refractivity contribution in [1.82, 2.24) is 10.6 Å². The molecular formula is C15H21N3O2. The predicted octanol–water partition coefficient (Wildman–Crippen LogP) is 1.44. The molecule has 0 spiro atoms. The maximum Gasteiger partial charge on any atom is 0.253 e. The minimum absolute atomic E-state index is 0.0551. The van der Waals surface area contributed by atoms with Gasteiger partial charge in [0.05, 0.1) is 5.56 Å². The molecule has 1 heterocycles. The highest BCUT2D eigenvalue weighted by Crippen LogP contribution is 2.17. The van der Waals surface area contributed by atoms with Crippen LogP contribution in [0.2, 0.25) is 0 Å². The Labute approximate surface area is 119 Å². The number of anilines is 1. The minimum atomic E-state index is -0.109. The normalized spacial score (nSPS) is 17.7. The van der Waals surface area contributed by atoms with Crippen molar-refractivity contribution in [2.45, 2.75) is 32.7 Å². The first kappa shape index (κ1) is 14.4. The summed E-state index contributed by atoms with van der Waals surface area (Å²) in [5, 5.41) is 8.93. The van der Waals surface area contributed by atoms with Gasteiger partial charge in [-0.3, -0.25) is 9.59 Å². The van der Waals surface area contributed by atoms with Crippen LogP contribution in [0, 0.1) is 6.92 Å². The largest absolute Gasteiger partial charge is 0.385 e. The molecule has 108 valence electrons. The van der Waals surface area contributed by atoms with E-state index in [1.54, 1.807) is 0 Å². The van der Waals surface area contributed by atoms with E-state index in [-0.39, 0.29) is 17.9 Å². The molecular weight excluding hydrogens is 254 g/mol. The predicted molar refractivity (Wildman–Crippen MR) is 78.8 cm³/mol. The van der Waals surface area contributed by atoms with Gasteiger partial charge in [0.15, 0.2) is 0 Å². The van der Waals surface area contributed by atoms with Crippen LogP contribution in [0.4, 0.5) is 5.69 Å². The summed E-state index contributed by atoms with van der Waals surface area (Å²) in [4.78, 5) is 23.3. The van der Waals surface area contributed by atoms with E-state index in [0.29, 0.717) is 18.5 Å². The molecule has 5 heteroatoms. The minimum Gasteiger partial charge on any atom is -0.385 e. The van der Waals surface area contributed by atoms with E-state index in [2.05, 4.69) is 16.0 Å². The zero-order valence-corrected chi connectivity index (χ0v) is 12.0. The third-order valence-electron chi connectivity index (χ3n) is 3.38. The highest BCUT2D eigenvalue weighted by molar-refractivity contribution is 5.99. The first-order chi connectivity index (χ1) is 9.60.